The van der Waals surface area contributed by atoms with Gasteiger partial charge in [0.15, 0.2) is 0 Å². The lowest BCUT2D eigenvalue weighted by Crippen LogP contribution is -2.39. The van der Waals surface area contributed by atoms with Crippen LogP contribution in [-0.2, 0) is 0 Å². The molecule has 1 fully saturated rings. The van der Waals surface area contributed by atoms with Crippen molar-refractivity contribution in [1.82, 2.24) is 15.1 Å². The smallest absolute Gasteiger partial charge is 0.273 e. The average Bonchev–Trinajstić information content (AvgIpc) is 3.30. The number of nitrogens with zero attached hydrogens (tertiary/aromatic N) is 2. The molecule has 30 heavy (non-hydrogen) atoms. The van der Waals surface area contributed by atoms with E-state index in [0.717, 1.165) is 18.4 Å². The summed E-state index contributed by atoms with van der Waals surface area (Å²) in [7, 11) is 0. The number of rotatable bonds is 5. The Morgan fingerprint density at radius 1 is 1.07 bits per heavy atom. The molecule has 1 aromatic heterocycles. The highest BCUT2D eigenvalue weighted by Crippen LogP contribution is 2.21. The van der Waals surface area contributed by atoms with Crippen molar-refractivity contribution in [3.63, 3.8) is 0 Å². The molecule has 1 aliphatic rings. The summed E-state index contributed by atoms with van der Waals surface area (Å²) in [4.78, 5) is 27.2. The lowest BCUT2D eigenvalue weighted by Gasteiger charge is -2.31. The summed E-state index contributed by atoms with van der Waals surface area (Å²) >= 11 is 0. The highest BCUT2D eigenvalue weighted by atomic mass is 16.3. The van der Waals surface area contributed by atoms with E-state index in [9.17, 15) is 14.7 Å². The number of aliphatic hydroxyl groups is 1. The van der Waals surface area contributed by atoms with Gasteiger partial charge in [0.05, 0.1) is 5.69 Å². The molecule has 2 aromatic carbocycles. The third-order valence-corrected chi connectivity index (χ3v) is 5.42. The number of aromatic amines is 1. The third kappa shape index (κ3) is 4.41. The van der Waals surface area contributed by atoms with Crippen molar-refractivity contribution in [2.45, 2.75) is 12.8 Å². The normalized spacial score (nSPS) is 14.5. The van der Waals surface area contributed by atoms with E-state index in [2.05, 4.69) is 15.5 Å². The molecule has 1 aliphatic heterocycles. The van der Waals surface area contributed by atoms with Crippen LogP contribution in [-0.4, -0.2) is 51.7 Å². The van der Waals surface area contributed by atoms with Crippen molar-refractivity contribution < 1.29 is 14.7 Å². The summed E-state index contributed by atoms with van der Waals surface area (Å²) < 4.78 is 0. The number of piperidine rings is 1. The number of benzene rings is 2. The fourth-order valence-corrected chi connectivity index (χ4v) is 3.62. The van der Waals surface area contributed by atoms with Gasteiger partial charge in [-0.3, -0.25) is 14.7 Å². The molecule has 0 aliphatic carbocycles. The molecule has 0 spiro atoms. The van der Waals surface area contributed by atoms with Gasteiger partial charge in [-0.2, -0.15) is 5.10 Å². The molecule has 2 heterocycles. The topological polar surface area (TPSA) is 98.3 Å². The highest BCUT2D eigenvalue weighted by molar-refractivity contribution is 6.04. The van der Waals surface area contributed by atoms with E-state index in [1.807, 2.05) is 30.3 Å². The van der Waals surface area contributed by atoms with E-state index >= 15 is 0 Å². The molecule has 7 nitrogen and oxygen atoms in total. The first-order valence-electron chi connectivity index (χ1n) is 10.1. The van der Waals surface area contributed by atoms with Crippen molar-refractivity contribution in [2.24, 2.45) is 5.92 Å². The zero-order valence-corrected chi connectivity index (χ0v) is 16.5. The van der Waals surface area contributed by atoms with Gasteiger partial charge in [-0.05, 0) is 43.0 Å². The second-order valence-corrected chi connectivity index (χ2v) is 7.49. The van der Waals surface area contributed by atoms with Gasteiger partial charge in [0, 0.05) is 36.5 Å². The zero-order chi connectivity index (χ0) is 20.9. The Balaban J connectivity index is 1.42. The van der Waals surface area contributed by atoms with Crippen LogP contribution >= 0.6 is 0 Å². The summed E-state index contributed by atoms with van der Waals surface area (Å²) in [5.74, 6) is -0.108. The zero-order valence-electron chi connectivity index (χ0n) is 16.5. The molecule has 3 N–H and O–H groups in total. The van der Waals surface area contributed by atoms with E-state index in [1.165, 1.54) is 0 Å². The quantitative estimate of drug-likeness (QED) is 0.608. The minimum atomic E-state index is -0.321. The van der Waals surface area contributed by atoms with Crippen LogP contribution in [0, 0.1) is 5.92 Å². The van der Waals surface area contributed by atoms with Gasteiger partial charge in [0.2, 0.25) is 0 Å². The molecule has 0 radical (unpaired) electrons. The first kappa shape index (κ1) is 19.8. The largest absolute Gasteiger partial charge is 0.396 e. The maximum absolute atomic E-state index is 12.8. The first-order chi connectivity index (χ1) is 14.6. The summed E-state index contributed by atoms with van der Waals surface area (Å²) in [5.41, 5.74) is 3.04. The average molecular weight is 404 g/mol. The van der Waals surface area contributed by atoms with Crippen LogP contribution in [0.5, 0.6) is 0 Å². The molecular weight excluding hydrogens is 380 g/mol. The number of carbonyl (C=O) groups is 2. The van der Waals surface area contributed by atoms with Gasteiger partial charge < -0.3 is 15.3 Å². The highest BCUT2D eigenvalue weighted by Gasteiger charge is 2.23. The Labute approximate surface area is 174 Å². The van der Waals surface area contributed by atoms with Crippen LogP contribution < -0.4 is 5.32 Å². The molecule has 0 bridgehead atoms. The van der Waals surface area contributed by atoms with Gasteiger partial charge in [-0.15, -0.1) is 0 Å². The van der Waals surface area contributed by atoms with Crippen LogP contribution in [0.2, 0.25) is 0 Å². The predicted octanol–water partition coefficient (Wildman–Crippen LogP) is 3.17. The lowest BCUT2D eigenvalue weighted by atomic mass is 9.97. The number of aliphatic hydroxyl groups excluding tert-OH is 1. The van der Waals surface area contributed by atoms with Gasteiger partial charge in [0.25, 0.3) is 11.8 Å². The van der Waals surface area contributed by atoms with E-state index in [4.69, 9.17) is 0 Å². The van der Waals surface area contributed by atoms with E-state index in [0.29, 0.717) is 35.7 Å². The van der Waals surface area contributed by atoms with Crippen LogP contribution in [0.15, 0.2) is 60.7 Å². The molecule has 1 saturated heterocycles. The number of hydrogen-bond donors (Lipinski definition) is 3. The molecule has 3 aromatic rings. The second kappa shape index (κ2) is 8.92. The molecule has 0 saturated carbocycles. The van der Waals surface area contributed by atoms with Crippen molar-refractivity contribution >= 4 is 17.5 Å². The summed E-state index contributed by atoms with van der Waals surface area (Å²) in [6.45, 7) is 1.44. The number of likely N-dealkylation sites (tertiary alicyclic amines) is 1. The maximum Gasteiger partial charge on any atom is 0.273 e. The lowest BCUT2D eigenvalue weighted by molar-refractivity contribution is 0.0650. The third-order valence-electron chi connectivity index (χ3n) is 5.42. The number of aromatic nitrogens is 2. The van der Waals surface area contributed by atoms with Crippen LogP contribution in [0.1, 0.15) is 33.7 Å². The Hall–Kier alpha value is -3.45. The van der Waals surface area contributed by atoms with Crippen LogP contribution in [0.4, 0.5) is 5.69 Å². The molecule has 154 valence electrons. The van der Waals surface area contributed by atoms with E-state index in [-0.39, 0.29) is 24.3 Å². The van der Waals surface area contributed by atoms with Crippen molar-refractivity contribution in [2.75, 3.05) is 25.0 Å². The predicted molar refractivity (Wildman–Crippen MR) is 114 cm³/mol. The summed E-state index contributed by atoms with van der Waals surface area (Å²) in [5, 5.41) is 19.1. The Morgan fingerprint density at radius 3 is 2.57 bits per heavy atom. The summed E-state index contributed by atoms with van der Waals surface area (Å²) in [6.07, 6.45) is 1.62. The second-order valence-electron chi connectivity index (χ2n) is 7.49. The van der Waals surface area contributed by atoms with Gasteiger partial charge >= 0.3 is 0 Å². The van der Waals surface area contributed by atoms with Gasteiger partial charge in [-0.25, -0.2) is 0 Å². The SMILES string of the molecule is O=C(Nc1cccc(C(=O)N2CCC(CO)CC2)c1)c1cc(-c2ccccc2)n[nH]1. The number of H-pyrrole nitrogens is 1. The van der Waals surface area contributed by atoms with Crippen LogP contribution in [0.25, 0.3) is 11.3 Å². The van der Waals surface area contributed by atoms with E-state index in [1.54, 1.807) is 35.2 Å². The molecule has 0 unspecified atom stereocenters. The fourth-order valence-electron chi connectivity index (χ4n) is 3.62. The number of hydrogen-bond acceptors (Lipinski definition) is 4. The Kier molecular flexibility index (Phi) is 5.90. The van der Waals surface area contributed by atoms with Crippen molar-refractivity contribution in [3.05, 3.63) is 71.9 Å². The Bertz CT molecular complexity index is 1020. The molecule has 0 atom stereocenters. The number of carbonyl (C=O) groups excluding carboxylic acids is 2. The number of amides is 2. The number of nitrogens with one attached hydrogen (secondary N) is 2. The molecule has 4 rings (SSSR count). The summed E-state index contributed by atoms with van der Waals surface area (Å²) in [6, 6.07) is 18.3. The fraction of sp³-hybridized carbons (Fsp3) is 0.261. The molecule has 2 amide bonds. The van der Waals surface area contributed by atoms with Crippen molar-refractivity contribution in [3.8, 4) is 11.3 Å². The van der Waals surface area contributed by atoms with Gasteiger partial charge in [-0.1, -0.05) is 36.4 Å². The minimum Gasteiger partial charge on any atom is -0.396 e. The maximum atomic E-state index is 12.8. The first-order valence-corrected chi connectivity index (χ1v) is 10.1. The monoisotopic (exact) mass is 404 g/mol. The minimum absolute atomic E-state index is 0.0598. The van der Waals surface area contributed by atoms with Crippen LogP contribution in [0.3, 0.4) is 0 Å². The van der Waals surface area contributed by atoms with Crippen molar-refractivity contribution in [1.29, 1.82) is 0 Å². The van der Waals surface area contributed by atoms with E-state index < -0.39 is 0 Å². The standard InChI is InChI=1S/C23H24N4O3/c28-15-16-9-11-27(12-10-16)23(30)18-7-4-8-19(13-18)24-22(29)21-14-20(25-26-21)17-5-2-1-3-6-17/h1-8,13-14,16,28H,9-12,15H2,(H,24,29)(H,25,26). The molecular formula is C23H24N4O3. The number of anilines is 1. The van der Waals surface area contributed by atoms with Gasteiger partial charge in [0.1, 0.15) is 5.69 Å². The Morgan fingerprint density at radius 2 is 1.83 bits per heavy atom. The molecule has 7 heteroatoms.